The molecule has 0 amide bonds. The maximum Gasteiger partial charge on any atom is 0.176 e. The van der Waals surface area contributed by atoms with Crippen LogP contribution >= 0.6 is 0 Å². The number of benzene rings is 1. The Labute approximate surface area is 192 Å². The number of ketones is 1. The van der Waals surface area contributed by atoms with Crippen molar-refractivity contribution >= 4 is 25.5 Å². The Hall–Kier alpha value is -1.45. The van der Waals surface area contributed by atoms with Crippen molar-refractivity contribution in [3.8, 4) is 5.75 Å². The van der Waals surface area contributed by atoms with Crippen molar-refractivity contribution in [1.29, 1.82) is 0 Å². The van der Waals surface area contributed by atoms with Crippen LogP contribution in [0.3, 0.4) is 0 Å². The van der Waals surface area contributed by atoms with Gasteiger partial charge in [-0.2, -0.15) is 0 Å². The lowest BCUT2D eigenvalue weighted by molar-refractivity contribution is -0.0527. The van der Waals surface area contributed by atoms with Gasteiger partial charge in [0, 0.05) is 12.5 Å². The molecule has 1 atom stereocenters. The number of carbonyl (C=O) groups excluding carboxylic acids is 1. The minimum absolute atomic E-state index is 0.0364. The van der Waals surface area contributed by atoms with Crippen LogP contribution in [0.1, 0.15) is 55.8 Å². The number of para-hydroxylation sites is 1. The first-order valence-corrected chi connectivity index (χ1v) is 15.4. The van der Waals surface area contributed by atoms with E-state index in [4.69, 9.17) is 4.74 Å². The summed E-state index contributed by atoms with van der Waals surface area (Å²) in [7, 11) is -6.73. The number of carbonyl (C=O) groups is 1. The minimum Gasteiger partial charge on any atom is -0.486 e. The molecule has 1 aromatic carbocycles. The number of rotatable bonds is 10. The van der Waals surface area contributed by atoms with Gasteiger partial charge in [-0.3, -0.25) is 4.79 Å². The summed E-state index contributed by atoms with van der Waals surface area (Å²) >= 11 is 0. The van der Waals surface area contributed by atoms with Crippen molar-refractivity contribution in [3.05, 3.63) is 29.8 Å². The van der Waals surface area contributed by atoms with Crippen molar-refractivity contribution in [2.75, 3.05) is 43.7 Å². The fourth-order valence-corrected chi connectivity index (χ4v) is 6.56. The highest BCUT2D eigenvalue weighted by Gasteiger charge is 2.58. The van der Waals surface area contributed by atoms with Gasteiger partial charge in [0.15, 0.2) is 5.78 Å². The van der Waals surface area contributed by atoms with Crippen molar-refractivity contribution < 1.29 is 26.4 Å². The number of likely N-dealkylation sites (tertiary alicyclic amines) is 1. The highest BCUT2D eigenvalue weighted by Crippen LogP contribution is 2.52. The van der Waals surface area contributed by atoms with Gasteiger partial charge in [-0.05, 0) is 77.2 Å². The van der Waals surface area contributed by atoms with Crippen molar-refractivity contribution in [3.63, 3.8) is 0 Å². The molecule has 2 aliphatic heterocycles. The number of nitrogens with zero attached hydrogens (tertiary/aromatic N) is 1. The Bertz CT molecular complexity index is 1010. The average Bonchev–Trinajstić information content (AvgIpc) is 3.19. The third kappa shape index (κ3) is 5.72. The third-order valence-electron chi connectivity index (χ3n) is 7.04. The molecule has 0 aliphatic carbocycles. The molecule has 2 heterocycles. The molecule has 32 heavy (non-hydrogen) atoms. The van der Waals surface area contributed by atoms with Crippen LogP contribution in [0, 0.1) is 5.41 Å². The zero-order valence-electron chi connectivity index (χ0n) is 19.3. The van der Waals surface area contributed by atoms with Gasteiger partial charge < -0.3 is 9.64 Å². The quantitative estimate of drug-likeness (QED) is 0.503. The lowest BCUT2D eigenvalue weighted by Crippen LogP contribution is -2.59. The van der Waals surface area contributed by atoms with Gasteiger partial charge in [-0.25, -0.2) is 16.8 Å². The smallest absolute Gasteiger partial charge is 0.176 e. The van der Waals surface area contributed by atoms with Crippen LogP contribution in [0.2, 0.25) is 0 Å². The first-order chi connectivity index (χ1) is 14.9. The number of sulfone groups is 2. The van der Waals surface area contributed by atoms with Gasteiger partial charge >= 0.3 is 0 Å². The Morgan fingerprint density at radius 1 is 0.938 bits per heavy atom. The van der Waals surface area contributed by atoms with E-state index in [0.29, 0.717) is 17.7 Å². The normalized spacial score (nSPS) is 23.7. The van der Waals surface area contributed by atoms with E-state index in [9.17, 15) is 21.6 Å². The maximum atomic E-state index is 13.9. The summed E-state index contributed by atoms with van der Waals surface area (Å²) in [5.74, 6) is -0.128. The number of hydrogen-bond donors (Lipinski definition) is 0. The highest BCUT2D eigenvalue weighted by molar-refractivity contribution is 7.90. The van der Waals surface area contributed by atoms with Crippen molar-refractivity contribution in [1.82, 2.24) is 4.90 Å². The van der Waals surface area contributed by atoms with Crippen molar-refractivity contribution in [2.24, 2.45) is 5.41 Å². The van der Waals surface area contributed by atoms with Gasteiger partial charge in [0.05, 0.1) is 22.5 Å². The fraction of sp³-hybridized carbons (Fsp3) is 0.696. The molecule has 0 spiro atoms. The number of ether oxygens (including phenoxy) is 1. The summed E-state index contributed by atoms with van der Waals surface area (Å²) < 4.78 is 54.8. The molecule has 1 saturated heterocycles. The van der Waals surface area contributed by atoms with Crippen LogP contribution < -0.4 is 4.74 Å². The molecule has 7 nitrogen and oxygen atoms in total. The summed E-state index contributed by atoms with van der Waals surface area (Å²) in [4.78, 5) is 16.3. The maximum absolute atomic E-state index is 13.9. The van der Waals surface area contributed by atoms with Gasteiger partial charge in [0.2, 0.25) is 0 Å². The van der Waals surface area contributed by atoms with Gasteiger partial charge in [-0.15, -0.1) is 0 Å². The molecular formula is C23H35NO6S2. The second-order valence-corrected chi connectivity index (χ2v) is 14.2. The number of Topliss-reactive ketones (excluding diaryl/α,β-unsaturated/α-hetero) is 1. The monoisotopic (exact) mass is 485 g/mol. The molecule has 1 unspecified atom stereocenters. The first-order valence-electron chi connectivity index (χ1n) is 11.3. The number of hydrogen-bond acceptors (Lipinski definition) is 7. The molecule has 2 aliphatic rings. The molecule has 180 valence electrons. The van der Waals surface area contributed by atoms with Crippen LogP contribution in [-0.2, 0) is 19.7 Å². The SMILES string of the molecule is CC1(CCCN2CCCC2)Oc2ccccc2C(=O)C1(CCS(C)(=O)=O)CCS(C)(=O)=O. The van der Waals surface area contributed by atoms with E-state index >= 15 is 0 Å². The van der Waals surface area contributed by atoms with E-state index in [1.54, 1.807) is 24.3 Å². The van der Waals surface area contributed by atoms with Crippen molar-refractivity contribution in [2.45, 2.75) is 51.0 Å². The van der Waals surface area contributed by atoms with Gasteiger partial charge in [-0.1, -0.05) is 12.1 Å². The molecule has 0 aromatic heterocycles. The predicted octanol–water partition coefficient (Wildman–Crippen LogP) is 2.75. The molecule has 3 rings (SSSR count). The van der Waals surface area contributed by atoms with E-state index in [-0.39, 0.29) is 30.1 Å². The Balaban J connectivity index is 2.01. The third-order valence-corrected chi connectivity index (χ3v) is 8.93. The Morgan fingerprint density at radius 3 is 2.06 bits per heavy atom. The van der Waals surface area contributed by atoms with Crippen LogP contribution in [-0.4, -0.2) is 76.8 Å². The van der Waals surface area contributed by atoms with E-state index < -0.39 is 30.7 Å². The lowest BCUT2D eigenvalue weighted by Gasteiger charge is -2.51. The second-order valence-electron chi connectivity index (χ2n) is 9.65. The zero-order valence-corrected chi connectivity index (χ0v) is 20.9. The zero-order chi connectivity index (χ0) is 23.6. The Kier molecular flexibility index (Phi) is 7.42. The fourth-order valence-electron chi connectivity index (χ4n) is 5.12. The largest absolute Gasteiger partial charge is 0.486 e. The summed E-state index contributed by atoms with van der Waals surface area (Å²) in [6.07, 6.45) is 6.05. The lowest BCUT2D eigenvalue weighted by atomic mass is 9.61. The van der Waals surface area contributed by atoms with E-state index in [1.807, 2.05) is 6.92 Å². The summed E-state index contributed by atoms with van der Waals surface area (Å²) in [5.41, 5.74) is -1.85. The summed E-state index contributed by atoms with van der Waals surface area (Å²) in [5, 5.41) is 0. The molecule has 0 radical (unpaired) electrons. The van der Waals surface area contributed by atoms with E-state index in [1.165, 1.54) is 12.8 Å². The van der Waals surface area contributed by atoms with Crippen LogP contribution in [0.5, 0.6) is 5.75 Å². The first kappa shape index (κ1) is 25.2. The number of fused-ring (bicyclic) bond motifs is 1. The van der Waals surface area contributed by atoms with Crippen LogP contribution in [0.25, 0.3) is 0 Å². The topological polar surface area (TPSA) is 97.8 Å². The molecule has 0 saturated carbocycles. The standard InChI is InChI=1S/C23H35NO6S2/c1-22(11-8-16-24-14-6-7-15-24)23(12-17-31(2,26)27,13-18-32(3,28)29)21(25)19-9-4-5-10-20(19)30-22/h4-5,9-10H,6-8,11-18H2,1-3H3. The molecular weight excluding hydrogens is 450 g/mol. The minimum atomic E-state index is -3.37. The highest BCUT2D eigenvalue weighted by atomic mass is 32.2. The Morgan fingerprint density at radius 2 is 1.50 bits per heavy atom. The van der Waals surface area contributed by atoms with E-state index in [0.717, 1.165) is 38.6 Å². The predicted molar refractivity (Wildman–Crippen MR) is 126 cm³/mol. The van der Waals surface area contributed by atoms with Gasteiger partial charge in [0.1, 0.15) is 31.0 Å². The van der Waals surface area contributed by atoms with E-state index in [2.05, 4.69) is 4.90 Å². The van der Waals surface area contributed by atoms with Gasteiger partial charge in [0.25, 0.3) is 0 Å². The van der Waals surface area contributed by atoms with Crippen LogP contribution in [0.15, 0.2) is 24.3 Å². The molecule has 0 N–H and O–H groups in total. The molecule has 1 aromatic rings. The molecule has 9 heteroatoms. The average molecular weight is 486 g/mol. The van der Waals surface area contributed by atoms with Crippen LogP contribution in [0.4, 0.5) is 0 Å². The molecule has 0 bridgehead atoms. The summed E-state index contributed by atoms with van der Waals surface area (Å²) in [6.45, 7) is 4.86. The summed E-state index contributed by atoms with van der Waals surface area (Å²) in [6, 6.07) is 6.98. The second kappa shape index (κ2) is 9.43. The molecule has 1 fully saturated rings.